The van der Waals surface area contributed by atoms with Gasteiger partial charge >= 0.3 is 0 Å². The van der Waals surface area contributed by atoms with Crippen molar-refractivity contribution in [3.63, 3.8) is 0 Å². The number of hydrogen-bond acceptors (Lipinski definition) is 2. The van der Waals surface area contributed by atoms with Gasteiger partial charge in [0.15, 0.2) is 5.78 Å². The number of hydrogen-bond donors (Lipinski definition) is 1. The van der Waals surface area contributed by atoms with Gasteiger partial charge in [0.2, 0.25) is 0 Å². The van der Waals surface area contributed by atoms with Crippen LogP contribution in [-0.4, -0.2) is 18.9 Å². The van der Waals surface area contributed by atoms with E-state index in [0.717, 1.165) is 6.54 Å². The largest absolute Gasteiger partial charge is 0.310 e. The third-order valence-electron chi connectivity index (χ3n) is 1.96. The predicted octanol–water partition coefficient (Wildman–Crippen LogP) is 2.20. The molecule has 2 nitrogen and oxygen atoms in total. The summed E-state index contributed by atoms with van der Waals surface area (Å²) in [6.45, 7) is 3.00. The van der Waals surface area contributed by atoms with Gasteiger partial charge in [0.25, 0.3) is 0 Å². The van der Waals surface area contributed by atoms with Gasteiger partial charge in [-0.05, 0) is 24.2 Å². The van der Waals surface area contributed by atoms with Crippen LogP contribution in [0.2, 0.25) is 5.02 Å². The summed E-state index contributed by atoms with van der Waals surface area (Å²) in [5, 5.41) is 3.01. The van der Waals surface area contributed by atoms with Crippen molar-refractivity contribution in [2.75, 3.05) is 13.1 Å². The molecule has 0 fully saturated rings. The molecule has 0 radical (unpaired) electrons. The average molecular weight is 230 g/mol. The molecule has 0 aliphatic rings. The van der Waals surface area contributed by atoms with Crippen LogP contribution in [0, 0.1) is 5.82 Å². The Balaban J connectivity index is 2.57. The van der Waals surface area contributed by atoms with Crippen LogP contribution in [0.15, 0.2) is 18.2 Å². The standard InChI is InChI=1S/C11H13ClFNO/c1-2-14-7-9(15)5-8-3-4-10(12)11(13)6-8/h3-4,6,14H,2,5,7H2,1H3. The van der Waals surface area contributed by atoms with Crippen LogP contribution in [-0.2, 0) is 11.2 Å². The number of Topliss-reactive ketones (excluding diaryl/α,β-unsaturated/α-hetero) is 1. The second-order valence-electron chi connectivity index (χ2n) is 3.24. The molecule has 1 rings (SSSR count). The maximum atomic E-state index is 13.0. The molecule has 0 atom stereocenters. The number of carbonyl (C=O) groups is 1. The Bertz CT molecular complexity index is 354. The molecular weight excluding hydrogens is 217 g/mol. The van der Waals surface area contributed by atoms with Crippen LogP contribution in [0.3, 0.4) is 0 Å². The summed E-state index contributed by atoms with van der Waals surface area (Å²) in [4.78, 5) is 11.3. The second kappa shape index (κ2) is 5.83. The van der Waals surface area contributed by atoms with Gasteiger partial charge in [0.05, 0.1) is 11.6 Å². The molecule has 0 saturated heterocycles. The Morgan fingerprint density at radius 2 is 2.27 bits per heavy atom. The van der Waals surface area contributed by atoms with Gasteiger partial charge in [-0.3, -0.25) is 4.79 Å². The first-order valence-electron chi connectivity index (χ1n) is 4.79. The van der Waals surface area contributed by atoms with Crippen molar-refractivity contribution >= 4 is 17.4 Å². The molecule has 0 amide bonds. The maximum Gasteiger partial charge on any atom is 0.150 e. The quantitative estimate of drug-likeness (QED) is 0.839. The highest BCUT2D eigenvalue weighted by atomic mass is 35.5. The monoisotopic (exact) mass is 229 g/mol. The average Bonchev–Trinajstić information content (AvgIpc) is 2.20. The molecule has 1 aromatic carbocycles. The molecule has 1 aromatic rings. The van der Waals surface area contributed by atoms with Crippen molar-refractivity contribution in [1.82, 2.24) is 5.32 Å². The van der Waals surface area contributed by atoms with Crippen molar-refractivity contribution < 1.29 is 9.18 Å². The number of ketones is 1. The third kappa shape index (κ3) is 3.98. The zero-order valence-corrected chi connectivity index (χ0v) is 9.27. The zero-order chi connectivity index (χ0) is 11.3. The lowest BCUT2D eigenvalue weighted by Gasteiger charge is -2.02. The van der Waals surface area contributed by atoms with Crippen molar-refractivity contribution in [3.05, 3.63) is 34.6 Å². The molecule has 0 heterocycles. The van der Waals surface area contributed by atoms with Gasteiger partial charge in [0, 0.05) is 6.42 Å². The highest BCUT2D eigenvalue weighted by Crippen LogP contribution is 2.15. The van der Waals surface area contributed by atoms with E-state index in [4.69, 9.17) is 11.6 Å². The fourth-order valence-electron chi connectivity index (χ4n) is 1.20. The summed E-state index contributed by atoms with van der Waals surface area (Å²) in [5.41, 5.74) is 0.653. The Hall–Kier alpha value is -0.930. The van der Waals surface area contributed by atoms with E-state index in [0.29, 0.717) is 12.1 Å². The molecule has 82 valence electrons. The minimum atomic E-state index is -0.481. The molecule has 0 saturated carbocycles. The van der Waals surface area contributed by atoms with Gasteiger partial charge in [-0.1, -0.05) is 24.6 Å². The lowest BCUT2D eigenvalue weighted by atomic mass is 10.1. The van der Waals surface area contributed by atoms with E-state index in [-0.39, 0.29) is 17.2 Å². The molecule has 0 bridgehead atoms. The lowest BCUT2D eigenvalue weighted by molar-refractivity contribution is -0.117. The summed E-state index contributed by atoms with van der Waals surface area (Å²) in [6, 6.07) is 4.42. The lowest BCUT2D eigenvalue weighted by Crippen LogP contribution is -2.23. The second-order valence-corrected chi connectivity index (χ2v) is 3.65. The van der Waals surface area contributed by atoms with E-state index in [1.165, 1.54) is 12.1 Å². The Labute approximate surface area is 93.4 Å². The van der Waals surface area contributed by atoms with Crippen LogP contribution in [0.25, 0.3) is 0 Å². The van der Waals surface area contributed by atoms with Gasteiger partial charge in [-0.15, -0.1) is 0 Å². The highest BCUT2D eigenvalue weighted by Gasteiger charge is 2.05. The van der Waals surface area contributed by atoms with E-state index in [9.17, 15) is 9.18 Å². The van der Waals surface area contributed by atoms with Crippen molar-refractivity contribution in [2.45, 2.75) is 13.3 Å². The van der Waals surface area contributed by atoms with Gasteiger partial charge in [0.1, 0.15) is 5.82 Å². The van der Waals surface area contributed by atoms with E-state index in [1.807, 2.05) is 6.92 Å². The smallest absolute Gasteiger partial charge is 0.150 e. The minimum Gasteiger partial charge on any atom is -0.310 e. The SMILES string of the molecule is CCNCC(=O)Cc1ccc(Cl)c(F)c1. The predicted molar refractivity (Wildman–Crippen MR) is 58.7 cm³/mol. The number of benzene rings is 1. The topological polar surface area (TPSA) is 29.1 Å². The zero-order valence-electron chi connectivity index (χ0n) is 8.52. The molecule has 1 N–H and O–H groups in total. The van der Waals surface area contributed by atoms with Gasteiger partial charge in [-0.2, -0.15) is 0 Å². The Morgan fingerprint density at radius 1 is 1.53 bits per heavy atom. The van der Waals surface area contributed by atoms with Crippen LogP contribution >= 0.6 is 11.6 Å². The normalized spacial score (nSPS) is 10.3. The van der Waals surface area contributed by atoms with E-state index in [2.05, 4.69) is 5.32 Å². The fourth-order valence-corrected chi connectivity index (χ4v) is 1.32. The van der Waals surface area contributed by atoms with Crippen LogP contribution in [0.4, 0.5) is 4.39 Å². The van der Waals surface area contributed by atoms with Gasteiger partial charge in [-0.25, -0.2) is 4.39 Å². The molecular formula is C11H13ClFNO. The first kappa shape index (κ1) is 12.1. The van der Waals surface area contributed by atoms with Gasteiger partial charge < -0.3 is 5.32 Å². The molecule has 15 heavy (non-hydrogen) atoms. The summed E-state index contributed by atoms with van der Waals surface area (Å²) in [7, 11) is 0. The maximum absolute atomic E-state index is 13.0. The summed E-state index contributed by atoms with van der Waals surface area (Å²) in [5.74, 6) is -0.441. The molecule has 0 aliphatic heterocycles. The molecule has 0 aromatic heterocycles. The minimum absolute atomic E-state index is 0.0403. The van der Waals surface area contributed by atoms with Crippen molar-refractivity contribution in [3.8, 4) is 0 Å². The van der Waals surface area contributed by atoms with E-state index < -0.39 is 5.82 Å². The van der Waals surface area contributed by atoms with Crippen molar-refractivity contribution in [1.29, 1.82) is 0 Å². The number of carbonyl (C=O) groups excluding carboxylic acids is 1. The van der Waals surface area contributed by atoms with Crippen LogP contribution in [0.1, 0.15) is 12.5 Å². The molecule has 0 unspecified atom stereocenters. The number of likely N-dealkylation sites (N-methyl/N-ethyl adjacent to an activating group) is 1. The summed E-state index contributed by atoms with van der Waals surface area (Å²) in [6.07, 6.45) is 0.237. The summed E-state index contributed by atoms with van der Waals surface area (Å²) < 4.78 is 13.0. The fraction of sp³-hybridized carbons (Fsp3) is 0.364. The van der Waals surface area contributed by atoms with Crippen LogP contribution in [0.5, 0.6) is 0 Å². The molecule has 4 heteroatoms. The summed E-state index contributed by atoms with van der Waals surface area (Å²) >= 11 is 5.53. The molecule has 0 aliphatic carbocycles. The molecule has 0 spiro atoms. The Morgan fingerprint density at radius 3 is 2.87 bits per heavy atom. The highest BCUT2D eigenvalue weighted by molar-refractivity contribution is 6.30. The number of nitrogens with one attached hydrogen (secondary N) is 1. The third-order valence-corrected chi connectivity index (χ3v) is 2.26. The first-order valence-corrected chi connectivity index (χ1v) is 5.17. The Kier molecular flexibility index (Phi) is 4.72. The van der Waals surface area contributed by atoms with Crippen molar-refractivity contribution in [2.24, 2.45) is 0 Å². The first-order chi connectivity index (χ1) is 7.13. The number of rotatable bonds is 5. The number of halogens is 2. The van der Waals surface area contributed by atoms with E-state index in [1.54, 1.807) is 6.07 Å². The van der Waals surface area contributed by atoms with E-state index >= 15 is 0 Å². The van der Waals surface area contributed by atoms with Crippen LogP contribution < -0.4 is 5.32 Å².